The summed E-state index contributed by atoms with van der Waals surface area (Å²) in [5, 5.41) is 12.6. The van der Waals surface area contributed by atoms with E-state index in [9.17, 15) is 5.11 Å². The van der Waals surface area contributed by atoms with Crippen molar-refractivity contribution in [2.75, 3.05) is 13.1 Å². The maximum atomic E-state index is 9.45. The van der Waals surface area contributed by atoms with E-state index in [4.69, 9.17) is 0 Å². The van der Waals surface area contributed by atoms with Crippen molar-refractivity contribution in [1.29, 1.82) is 0 Å². The smallest absolute Gasteiger partial charge is 0.107 e. The minimum Gasteiger partial charge on any atom is -0.392 e. The Kier molecular flexibility index (Phi) is 2.93. The number of thiazole rings is 1. The molecule has 4 heteroatoms. The van der Waals surface area contributed by atoms with E-state index < -0.39 is 0 Å². The largest absolute Gasteiger partial charge is 0.392 e. The Morgan fingerprint density at radius 1 is 1.69 bits per heavy atom. The summed E-state index contributed by atoms with van der Waals surface area (Å²) in [7, 11) is 0. The molecule has 72 valence electrons. The van der Waals surface area contributed by atoms with E-state index in [0.717, 1.165) is 37.5 Å². The van der Waals surface area contributed by atoms with Crippen LogP contribution in [0.1, 0.15) is 17.8 Å². The van der Waals surface area contributed by atoms with Gasteiger partial charge >= 0.3 is 0 Å². The van der Waals surface area contributed by atoms with Gasteiger partial charge < -0.3 is 5.11 Å². The average Bonchev–Trinajstić information content (AvgIpc) is 2.57. The van der Waals surface area contributed by atoms with Crippen LogP contribution in [0.3, 0.4) is 0 Å². The number of hydrogen-bond donors (Lipinski definition) is 1. The first-order valence-electron chi connectivity index (χ1n) is 4.63. The summed E-state index contributed by atoms with van der Waals surface area (Å²) in [4.78, 5) is 6.50. The highest BCUT2D eigenvalue weighted by molar-refractivity contribution is 7.09. The van der Waals surface area contributed by atoms with Crippen LogP contribution in [0.5, 0.6) is 0 Å². The van der Waals surface area contributed by atoms with Gasteiger partial charge in [0.05, 0.1) is 12.6 Å². The summed E-state index contributed by atoms with van der Waals surface area (Å²) in [6.07, 6.45) is 3.76. The van der Waals surface area contributed by atoms with Crippen molar-refractivity contribution < 1.29 is 5.11 Å². The van der Waals surface area contributed by atoms with E-state index in [-0.39, 0.29) is 6.10 Å². The van der Waals surface area contributed by atoms with Gasteiger partial charge in [0.1, 0.15) is 5.01 Å². The Hall–Kier alpha value is -0.450. The first-order chi connectivity index (χ1) is 6.34. The molecule has 0 radical (unpaired) electrons. The molecule has 1 aliphatic heterocycles. The molecule has 0 spiro atoms. The summed E-state index contributed by atoms with van der Waals surface area (Å²) in [6, 6.07) is 0. The van der Waals surface area contributed by atoms with Gasteiger partial charge in [-0.25, -0.2) is 4.98 Å². The van der Waals surface area contributed by atoms with Gasteiger partial charge in [0, 0.05) is 18.1 Å². The molecule has 1 fully saturated rings. The maximum Gasteiger partial charge on any atom is 0.107 e. The standard InChI is InChI=1S/C9H14N2OS/c12-8-2-1-4-11(6-8)7-9-10-3-5-13-9/h3,5,8,12H,1-2,4,6-7H2. The summed E-state index contributed by atoms with van der Waals surface area (Å²) in [5.41, 5.74) is 0. The van der Waals surface area contributed by atoms with Crippen LogP contribution in [0.4, 0.5) is 0 Å². The molecule has 1 saturated heterocycles. The number of piperidine rings is 1. The minimum absolute atomic E-state index is 0.131. The number of aliphatic hydroxyl groups excluding tert-OH is 1. The molecule has 2 heterocycles. The lowest BCUT2D eigenvalue weighted by Crippen LogP contribution is -2.37. The van der Waals surface area contributed by atoms with Gasteiger partial charge in [-0.05, 0) is 19.4 Å². The molecular weight excluding hydrogens is 184 g/mol. The molecule has 0 bridgehead atoms. The second-order valence-electron chi connectivity index (χ2n) is 3.46. The van der Waals surface area contributed by atoms with Gasteiger partial charge in [-0.15, -0.1) is 11.3 Å². The minimum atomic E-state index is -0.131. The first kappa shape index (κ1) is 9.12. The fourth-order valence-electron chi connectivity index (χ4n) is 1.70. The fraction of sp³-hybridized carbons (Fsp3) is 0.667. The van der Waals surface area contributed by atoms with E-state index in [0.29, 0.717) is 0 Å². The van der Waals surface area contributed by atoms with Crippen LogP contribution >= 0.6 is 11.3 Å². The third-order valence-electron chi connectivity index (χ3n) is 2.32. The van der Waals surface area contributed by atoms with Crippen molar-refractivity contribution in [3.05, 3.63) is 16.6 Å². The van der Waals surface area contributed by atoms with E-state index >= 15 is 0 Å². The SMILES string of the molecule is OC1CCCN(Cc2nccs2)C1. The first-order valence-corrected chi connectivity index (χ1v) is 5.51. The zero-order valence-electron chi connectivity index (χ0n) is 7.52. The van der Waals surface area contributed by atoms with Crippen molar-refractivity contribution in [1.82, 2.24) is 9.88 Å². The molecule has 1 aliphatic rings. The highest BCUT2D eigenvalue weighted by Gasteiger charge is 2.17. The Morgan fingerprint density at radius 3 is 3.31 bits per heavy atom. The lowest BCUT2D eigenvalue weighted by atomic mass is 10.1. The highest BCUT2D eigenvalue weighted by atomic mass is 32.1. The summed E-state index contributed by atoms with van der Waals surface area (Å²) < 4.78 is 0. The molecule has 1 N–H and O–H groups in total. The van der Waals surface area contributed by atoms with Crippen molar-refractivity contribution in [2.24, 2.45) is 0 Å². The van der Waals surface area contributed by atoms with Crippen LogP contribution < -0.4 is 0 Å². The molecule has 0 amide bonds. The monoisotopic (exact) mass is 198 g/mol. The number of rotatable bonds is 2. The normalized spacial score (nSPS) is 24.8. The molecule has 1 atom stereocenters. The number of hydrogen-bond acceptors (Lipinski definition) is 4. The zero-order chi connectivity index (χ0) is 9.10. The number of nitrogens with zero attached hydrogens (tertiary/aromatic N) is 2. The molecule has 0 saturated carbocycles. The van der Waals surface area contributed by atoms with E-state index in [1.54, 1.807) is 11.3 Å². The van der Waals surface area contributed by atoms with Crippen molar-refractivity contribution >= 4 is 11.3 Å². The third-order valence-corrected chi connectivity index (χ3v) is 3.09. The van der Waals surface area contributed by atoms with Crippen LogP contribution in [-0.4, -0.2) is 34.2 Å². The molecule has 13 heavy (non-hydrogen) atoms. The fourth-order valence-corrected chi connectivity index (χ4v) is 2.35. The number of likely N-dealkylation sites (tertiary alicyclic amines) is 1. The van der Waals surface area contributed by atoms with Gasteiger partial charge in [0.25, 0.3) is 0 Å². The average molecular weight is 198 g/mol. The van der Waals surface area contributed by atoms with Gasteiger partial charge in [-0.1, -0.05) is 0 Å². The highest BCUT2D eigenvalue weighted by Crippen LogP contribution is 2.14. The van der Waals surface area contributed by atoms with Gasteiger partial charge in [-0.2, -0.15) is 0 Å². The number of β-amino-alcohol motifs (C(OH)–C–C–N with tert-alkyl or cyclic N) is 1. The Bertz CT molecular complexity index is 250. The van der Waals surface area contributed by atoms with Crippen LogP contribution in [0.2, 0.25) is 0 Å². The topological polar surface area (TPSA) is 36.4 Å². The maximum absolute atomic E-state index is 9.45. The summed E-state index contributed by atoms with van der Waals surface area (Å²) >= 11 is 1.68. The van der Waals surface area contributed by atoms with Crippen LogP contribution in [-0.2, 0) is 6.54 Å². The van der Waals surface area contributed by atoms with Crippen LogP contribution in [0.25, 0.3) is 0 Å². The molecule has 1 aromatic rings. The van der Waals surface area contributed by atoms with Gasteiger partial charge in [-0.3, -0.25) is 4.90 Å². The quantitative estimate of drug-likeness (QED) is 0.773. The van der Waals surface area contributed by atoms with E-state index in [2.05, 4.69) is 9.88 Å². The molecular formula is C9H14N2OS. The third kappa shape index (κ3) is 2.49. The second-order valence-corrected chi connectivity index (χ2v) is 4.44. The van der Waals surface area contributed by atoms with E-state index in [1.807, 2.05) is 11.6 Å². The molecule has 1 aromatic heterocycles. The van der Waals surface area contributed by atoms with E-state index in [1.165, 1.54) is 0 Å². The number of aromatic nitrogens is 1. The Morgan fingerprint density at radius 2 is 2.62 bits per heavy atom. The van der Waals surface area contributed by atoms with Gasteiger partial charge in [0.15, 0.2) is 0 Å². The van der Waals surface area contributed by atoms with Gasteiger partial charge in [0.2, 0.25) is 0 Å². The summed E-state index contributed by atoms with van der Waals surface area (Å²) in [5.74, 6) is 0. The van der Waals surface area contributed by atoms with Crippen LogP contribution in [0, 0.1) is 0 Å². The zero-order valence-corrected chi connectivity index (χ0v) is 8.33. The summed E-state index contributed by atoms with van der Waals surface area (Å²) in [6.45, 7) is 2.80. The van der Waals surface area contributed by atoms with Crippen molar-refractivity contribution in [2.45, 2.75) is 25.5 Å². The molecule has 3 nitrogen and oxygen atoms in total. The molecule has 2 rings (SSSR count). The Labute approximate surface area is 82.0 Å². The van der Waals surface area contributed by atoms with Crippen molar-refractivity contribution in [3.8, 4) is 0 Å². The lowest BCUT2D eigenvalue weighted by molar-refractivity contribution is 0.0668. The Balaban J connectivity index is 1.87. The molecule has 0 aliphatic carbocycles. The lowest BCUT2D eigenvalue weighted by Gasteiger charge is -2.28. The predicted molar refractivity (Wildman–Crippen MR) is 52.6 cm³/mol. The molecule has 0 aromatic carbocycles. The van der Waals surface area contributed by atoms with Crippen molar-refractivity contribution in [3.63, 3.8) is 0 Å². The molecule has 1 unspecified atom stereocenters. The number of aliphatic hydroxyl groups is 1. The van der Waals surface area contributed by atoms with Crippen LogP contribution in [0.15, 0.2) is 11.6 Å². The predicted octanol–water partition coefficient (Wildman–Crippen LogP) is 1.10. The second kappa shape index (κ2) is 4.17.